The molecule has 5 nitrogen and oxygen atoms in total. The third kappa shape index (κ3) is 5.32. The molecule has 0 aliphatic heterocycles. The van der Waals surface area contributed by atoms with E-state index in [1.54, 1.807) is 18.2 Å². The molecular formula is C17H14F3NO4. The molecule has 0 unspecified atom stereocenters. The molecule has 8 heteroatoms. The zero-order valence-electron chi connectivity index (χ0n) is 12.8. The Hall–Kier alpha value is -2.87. The smallest absolute Gasteiger partial charge is 0.416 e. The van der Waals surface area contributed by atoms with Crippen LogP contribution in [-0.2, 0) is 20.5 Å². The predicted octanol–water partition coefficient (Wildman–Crippen LogP) is 2.92. The Morgan fingerprint density at radius 1 is 1.04 bits per heavy atom. The first kappa shape index (κ1) is 18.5. The van der Waals surface area contributed by atoms with Crippen LogP contribution in [-0.4, -0.2) is 23.6 Å². The molecule has 2 aromatic carbocycles. The van der Waals surface area contributed by atoms with E-state index in [-0.39, 0.29) is 5.69 Å². The summed E-state index contributed by atoms with van der Waals surface area (Å²) in [6.45, 7) is -0.677. The van der Waals surface area contributed by atoms with E-state index in [0.29, 0.717) is 5.56 Å². The lowest BCUT2D eigenvalue weighted by atomic mass is 10.1. The molecule has 0 radical (unpaired) electrons. The van der Waals surface area contributed by atoms with E-state index in [1.165, 1.54) is 12.1 Å². The van der Waals surface area contributed by atoms with Crippen LogP contribution in [0.5, 0.6) is 0 Å². The summed E-state index contributed by atoms with van der Waals surface area (Å²) in [6.07, 6.45) is -5.99. The number of benzene rings is 2. The molecule has 132 valence electrons. The molecule has 0 bridgehead atoms. The van der Waals surface area contributed by atoms with Gasteiger partial charge in [-0.05, 0) is 29.8 Å². The normalized spacial score (nSPS) is 12.3. The first-order valence-electron chi connectivity index (χ1n) is 7.14. The average Bonchev–Trinajstić information content (AvgIpc) is 2.59. The van der Waals surface area contributed by atoms with Gasteiger partial charge in [-0.25, -0.2) is 4.79 Å². The number of halogens is 3. The van der Waals surface area contributed by atoms with Crippen LogP contribution in [0.2, 0.25) is 0 Å². The molecule has 2 N–H and O–H groups in total. The van der Waals surface area contributed by atoms with Crippen molar-refractivity contribution in [3.8, 4) is 0 Å². The summed E-state index contributed by atoms with van der Waals surface area (Å²) >= 11 is 0. The molecule has 0 aliphatic carbocycles. The van der Waals surface area contributed by atoms with Crippen LogP contribution in [0.1, 0.15) is 17.2 Å². The average molecular weight is 353 g/mol. The molecule has 0 fully saturated rings. The number of aliphatic hydroxyl groups excluding tert-OH is 1. The zero-order chi connectivity index (χ0) is 18.4. The number of aliphatic hydroxyl groups is 1. The van der Waals surface area contributed by atoms with E-state index in [4.69, 9.17) is 0 Å². The fourth-order valence-electron chi connectivity index (χ4n) is 1.93. The number of carbonyl (C=O) groups excluding carboxylic acids is 2. The third-order valence-electron chi connectivity index (χ3n) is 3.18. The van der Waals surface area contributed by atoms with Gasteiger partial charge in [0.15, 0.2) is 12.7 Å². The molecule has 0 heterocycles. The monoisotopic (exact) mass is 353 g/mol. The Labute approximate surface area is 141 Å². The second-order valence-electron chi connectivity index (χ2n) is 5.04. The number of hydrogen-bond donors (Lipinski definition) is 2. The second kappa shape index (κ2) is 7.80. The number of ether oxygens (including phenoxy) is 1. The van der Waals surface area contributed by atoms with Crippen LogP contribution in [0.4, 0.5) is 18.9 Å². The van der Waals surface area contributed by atoms with Gasteiger partial charge in [-0.1, -0.05) is 30.3 Å². The van der Waals surface area contributed by atoms with Crippen LogP contribution in [0.3, 0.4) is 0 Å². The molecule has 0 aromatic heterocycles. The Morgan fingerprint density at radius 2 is 1.64 bits per heavy atom. The van der Waals surface area contributed by atoms with E-state index in [0.717, 1.165) is 24.3 Å². The van der Waals surface area contributed by atoms with Crippen LogP contribution in [0.25, 0.3) is 0 Å². The molecule has 1 amide bonds. The van der Waals surface area contributed by atoms with E-state index in [1.807, 2.05) is 0 Å². The lowest BCUT2D eigenvalue weighted by molar-refractivity contribution is -0.156. The first-order chi connectivity index (χ1) is 11.8. The van der Waals surface area contributed by atoms with Crippen molar-refractivity contribution < 1.29 is 32.6 Å². The standard InChI is InChI=1S/C17H14F3NO4/c18-17(19,20)12-6-8-13(9-7-12)21-14(22)10-25-16(24)15(23)11-4-2-1-3-5-11/h1-9,15,23H,10H2,(H,21,22)/t15-/m0/s1. The minimum absolute atomic E-state index is 0.123. The minimum Gasteiger partial charge on any atom is -0.453 e. The third-order valence-corrected chi connectivity index (χ3v) is 3.18. The van der Waals surface area contributed by atoms with Crippen molar-refractivity contribution in [2.24, 2.45) is 0 Å². The summed E-state index contributed by atoms with van der Waals surface area (Å²) < 4.78 is 42.0. The topological polar surface area (TPSA) is 75.6 Å². The van der Waals surface area contributed by atoms with Crippen molar-refractivity contribution >= 4 is 17.6 Å². The van der Waals surface area contributed by atoms with Gasteiger partial charge in [0, 0.05) is 5.69 Å². The van der Waals surface area contributed by atoms with Crippen LogP contribution >= 0.6 is 0 Å². The van der Waals surface area contributed by atoms with Gasteiger partial charge in [0.25, 0.3) is 5.91 Å². The van der Waals surface area contributed by atoms with E-state index in [9.17, 15) is 27.9 Å². The van der Waals surface area contributed by atoms with Crippen molar-refractivity contribution in [1.29, 1.82) is 0 Å². The van der Waals surface area contributed by atoms with Crippen LogP contribution < -0.4 is 5.32 Å². The highest BCUT2D eigenvalue weighted by Gasteiger charge is 2.30. The summed E-state index contributed by atoms with van der Waals surface area (Å²) in [5, 5.41) is 12.1. The summed E-state index contributed by atoms with van der Waals surface area (Å²) in [5.41, 5.74) is -0.406. The molecule has 2 rings (SSSR count). The summed E-state index contributed by atoms with van der Waals surface area (Å²) in [7, 11) is 0. The Kier molecular flexibility index (Phi) is 5.76. The van der Waals surface area contributed by atoms with Gasteiger partial charge in [-0.3, -0.25) is 4.79 Å². The summed E-state index contributed by atoms with van der Waals surface area (Å²) in [5.74, 6) is -1.75. The quantitative estimate of drug-likeness (QED) is 0.811. The van der Waals surface area contributed by atoms with Gasteiger partial charge in [0.05, 0.1) is 5.56 Å². The fraction of sp³-hybridized carbons (Fsp3) is 0.176. The van der Waals surface area contributed by atoms with Crippen molar-refractivity contribution in [3.05, 3.63) is 65.7 Å². The Balaban J connectivity index is 1.85. The minimum atomic E-state index is -4.47. The van der Waals surface area contributed by atoms with E-state index in [2.05, 4.69) is 10.1 Å². The van der Waals surface area contributed by atoms with E-state index < -0.39 is 36.3 Å². The van der Waals surface area contributed by atoms with Crippen molar-refractivity contribution in [1.82, 2.24) is 0 Å². The van der Waals surface area contributed by atoms with E-state index >= 15 is 0 Å². The van der Waals surface area contributed by atoms with Crippen LogP contribution in [0, 0.1) is 0 Å². The molecule has 0 saturated carbocycles. The molecule has 1 atom stereocenters. The van der Waals surface area contributed by atoms with Crippen LogP contribution in [0.15, 0.2) is 54.6 Å². The van der Waals surface area contributed by atoms with Gasteiger partial charge in [0.2, 0.25) is 0 Å². The highest BCUT2D eigenvalue weighted by atomic mass is 19.4. The molecule has 0 aliphatic rings. The molecule has 0 saturated heterocycles. The lowest BCUT2D eigenvalue weighted by Crippen LogP contribution is -2.24. The van der Waals surface area contributed by atoms with Gasteiger partial charge in [-0.15, -0.1) is 0 Å². The van der Waals surface area contributed by atoms with Crippen molar-refractivity contribution in [2.45, 2.75) is 12.3 Å². The first-order valence-corrected chi connectivity index (χ1v) is 7.14. The van der Waals surface area contributed by atoms with Gasteiger partial charge in [-0.2, -0.15) is 13.2 Å². The second-order valence-corrected chi connectivity index (χ2v) is 5.04. The maximum atomic E-state index is 12.4. The number of carbonyl (C=O) groups is 2. The maximum absolute atomic E-state index is 12.4. The number of amides is 1. The highest BCUT2D eigenvalue weighted by molar-refractivity contribution is 5.93. The number of esters is 1. The lowest BCUT2D eigenvalue weighted by Gasteiger charge is -2.11. The highest BCUT2D eigenvalue weighted by Crippen LogP contribution is 2.29. The number of anilines is 1. The van der Waals surface area contributed by atoms with Crippen molar-refractivity contribution in [3.63, 3.8) is 0 Å². The number of nitrogens with one attached hydrogen (secondary N) is 1. The molecular weight excluding hydrogens is 339 g/mol. The number of hydrogen-bond acceptors (Lipinski definition) is 4. The Bertz CT molecular complexity index is 730. The predicted molar refractivity (Wildman–Crippen MR) is 82.4 cm³/mol. The molecule has 0 spiro atoms. The summed E-state index contributed by atoms with van der Waals surface area (Å²) in [6, 6.07) is 11.8. The maximum Gasteiger partial charge on any atom is 0.416 e. The molecule has 25 heavy (non-hydrogen) atoms. The number of rotatable bonds is 5. The molecule has 2 aromatic rings. The van der Waals surface area contributed by atoms with Gasteiger partial charge >= 0.3 is 12.1 Å². The van der Waals surface area contributed by atoms with Gasteiger partial charge < -0.3 is 15.2 Å². The largest absolute Gasteiger partial charge is 0.453 e. The zero-order valence-corrected chi connectivity index (χ0v) is 12.8. The fourth-order valence-corrected chi connectivity index (χ4v) is 1.93. The Morgan fingerprint density at radius 3 is 2.20 bits per heavy atom. The summed E-state index contributed by atoms with van der Waals surface area (Å²) in [4.78, 5) is 23.3. The number of alkyl halides is 3. The van der Waals surface area contributed by atoms with Crippen molar-refractivity contribution in [2.75, 3.05) is 11.9 Å². The van der Waals surface area contributed by atoms with Gasteiger partial charge in [0.1, 0.15) is 0 Å². The SMILES string of the molecule is O=C(COC(=O)[C@@H](O)c1ccccc1)Nc1ccc(C(F)(F)F)cc1.